The lowest BCUT2D eigenvalue weighted by Gasteiger charge is -2.32. The molecule has 1 aromatic carbocycles. The summed E-state index contributed by atoms with van der Waals surface area (Å²) < 4.78 is 11.0. The normalized spacial score (nSPS) is 19.7. The average Bonchev–Trinajstić information content (AvgIpc) is 3.43. The molecule has 1 unspecified atom stereocenters. The molecule has 0 radical (unpaired) electrons. The lowest BCUT2D eigenvalue weighted by atomic mass is 9.95. The maximum atomic E-state index is 12.7. The predicted octanol–water partition coefficient (Wildman–Crippen LogP) is 3.83. The highest BCUT2D eigenvalue weighted by Gasteiger charge is 2.30. The van der Waals surface area contributed by atoms with E-state index in [0.29, 0.717) is 42.3 Å². The number of nitrogens with zero attached hydrogens (tertiary/aromatic N) is 3. The first-order valence-corrected chi connectivity index (χ1v) is 9.83. The van der Waals surface area contributed by atoms with Crippen molar-refractivity contribution in [2.24, 2.45) is 5.92 Å². The Morgan fingerprint density at radius 3 is 3.00 bits per heavy atom. The maximum absolute atomic E-state index is 12.7. The molecule has 4 rings (SSSR count). The van der Waals surface area contributed by atoms with E-state index < -0.39 is 0 Å². The van der Waals surface area contributed by atoms with Crippen molar-refractivity contribution in [1.82, 2.24) is 15.0 Å². The second kappa shape index (κ2) is 7.98. The fourth-order valence-corrected chi connectivity index (χ4v) is 3.57. The molecular weight excluding hydrogens is 344 g/mol. The van der Waals surface area contributed by atoms with Gasteiger partial charge < -0.3 is 19.5 Å². The van der Waals surface area contributed by atoms with E-state index in [9.17, 15) is 4.79 Å². The number of hydrogen-bond donors (Lipinski definition) is 1. The molecule has 144 valence electrons. The van der Waals surface area contributed by atoms with Gasteiger partial charge in [0.1, 0.15) is 5.75 Å². The molecule has 2 amide bonds. The van der Waals surface area contributed by atoms with Crippen LogP contribution < -0.4 is 10.1 Å². The van der Waals surface area contributed by atoms with Gasteiger partial charge in [-0.3, -0.25) is 0 Å². The number of carbonyl (C=O) groups is 1. The van der Waals surface area contributed by atoms with Crippen LogP contribution in [0, 0.1) is 5.92 Å². The summed E-state index contributed by atoms with van der Waals surface area (Å²) >= 11 is 0. The number of ether oxygens (including phenoxy) is 1. The van der Waals surface area contributed by atoms with Crippen molar-refractivity contribution in [1.29, 1.82) is 0 Å². The number of aromatic nitrogens is 2. The minimum absolute atomic E-state index is 0.0870. The molecule has 0 bridgehead atoms. The lowest BCUT2D eigenvalue weighted by molar-refractivity contribution is 0.173. The van der Waals surface area contributed by atoms with Crippen LogP contribution in [-0.4, -0.2) is 40.8 Å². The smallest absolute Gasteiger partial charge is 0.321 e. The molecule has 1 aliphatic heterocycles. The number of urea groups is 1. The third kappa shape index (κ3) is 4.40. The summed E-state index contributed by atoms with van der Waals surface area (Å²) in [5, 5.41) is 7.08. The van der Waals surface area contributed by atoms with Gasteiger partial charge in [-0.15, -0.1) is 0 Å². The van der Waals surface area contributed by atoms with Gasteiger partial charge in [-0.2, -0.15) is 4.98 Å². The van der Waals surface area contributed by atoms with Crippen LogP contribution in [-0.2, 0) is 6.42 Å². The maximum Gasteiger partial charge on any atom is 0.321 e. The van der Waals surface area contributed by atoms with Crippen molar-refractivity contribution in [3.05, 3.63) is 36.0 Å². The van der Waals surface area contributed by atoms with E-state index in [-0.39, 0.29) is 6.03 Å². The van der Waals surface area contributed by atoms with Crippen LogP contribution in [0.2, 0.25) is 0 Å². The molecule has 7 nitrogen and oxygen atoms in total. The van der Waals surface area contributed by atoms with Gasteiger partial charge in [-0.25, -0.2) is 4.79 Å². The third-order valence-electron chi connectivity index (χ3n) is 5.12. The van der Waals surface area contributed by atoms with Crippen LogP contribution in [0.5, 0.6) is 5.75 Å². The highest BCUT2D eigenvalue weighted by Crippen LogP contribution is 2.38. The summed E-state index contributed by atoms with van der Waals surface area (Å²) in [5.74, 6) is 3.09. The Kier molecular flexibility index (Phi) is 5.27. The van der Waals surface area contributed by atoms with E-state index in [4.69, 9.17) is 9.26 Å². The number of para-hydroxylation sites is 2. The Morgan fingerprint density at radius 1 is 1.33 bits per heavy atom. The predicted molar refractivity (Wildman–Crippen MR) is 101 cm³/mol. The van der Waals surface area contributed by atoms with Crippen molar-refractivity contribution >= 4 is 11.7 Å². The van der Waals surface area contributed by atoms with E-state index in [1.54, 1.807) is 0 Å². The standard InChI is InChI=1S/C20H26N4O3/c1-2-26-17-8-4-3-7-16(17)21-20(25)24-11-5-6-14(13-24)12-18-22-19(23-27-18)15-9-10-15/h3-4,7-8,14-15H,2,5-6,9-13H2,1H3,(H,21,25). The minimum atomic E-state index is -0.0870. The number of likely N-dealkylation sites (tertiary alicyclic amines) is 1. The van der Waals surface area contributed by atoms with Gasteiger partial charge >= 0.3 is 6.03 Å². The van der Waals surface area contributed by atoms with Gasteiger partial charge in [0.15, 0.2) is 5.82 Å². The second-order valence-corrected chi connectivity index (χ2v) is 7.34. The summed E-state index contributed by atoms with van der Waals surface area (Å²) in [6, 6.07) is 7.44. The van der Waals surface area contributed by atoms with Crippen molar-refractivity contribution in [2.75, 3.05) is 25.0 Å². The first kappa shape index (κ1) is 17.8. The highest BCUT2D eigenvalue weighted by molar-refractivity contribution is 5.91. The molecule has 0 spiro atoms. The topological polar surface area (TPSA) is 80.5 Å². The van der Waals surface area contributed by atoms with Crippen LogP contribution in [0.3, 0.4) is 0 Å². The van der Waals surface area contributed by atoms with Gasteiger partial charge in [0, 0.05) is 25.4 Å². The van der Waals surface area contributed by atoms with Crippen molar-refractivity contribution in [2.45, 2.75) is 44.9 Å². The van der Waals surface area contributed by atoms with Gasteiger partial charge in [-0.1, -0.05) is 17.3 Å². The first-order chi connectivity index (χ1) is 13.2. The molecule has 1 N–H and O–H groups in total. The van der Waals surface area contributed by atoms with Gasteiger partial charge in [0.05, 0.1) is 12.3 Å². The summed E-state index contributed by atoms with van der Waals surface area (Å²) in [6.45, 7) is 3.95. The average molecular weight is 370 g/mol. The van der Waals surface area contributed by atoms with E-state index in [2.05, 4.69) is 15.5 Å². The van der Waals surface area contributed by atoms with Gasteiger partial charge in [0.2, 0.25) is 5.89 Å². The molecule has 1 aromatic heterocycles. The Morgan fingerprint density at radius 2 is 2.19 bits per heavy atom. The summed E-state index contributed by atoms with van der Waals surface area (Å²) in [5.41, 5.74) is 0.706. The number of benzene rings is 1. The summed E-state index contributed by atoms with van der Waals surface area (Å²) in [7, 11) is 0. The fraction of sp³-hybridized carbons (Fsp3) is 0.550. The molecule has 1 atom stereocenters. The van der Waals surface area contributed by atoms with Crippen LogP contribution >= 0.6 is 0 Å². The first-order valence-electron chi connectivity index (χ1n) is 9.83. The second-order valence-electron chi connectivity index (χ2n) is 7.34. The zero-order valence-corrected chi connectivity index (χ0v) is 15.7. The number of hydrogen-bond acceptors (Lipinski definition) is 5. The molecule has 2 heterocycles. The number of carbonyl (C=O) groups excluding carboxylic acids is 1. The molecule has 1 aliphatic carbocycles. The molecule has 1 saturated heterocycles. The summed E-state index contributed by atoms with van der Waals surface area (Å²) in [4.78, 5) is 19.1. The Hall–Kier alpha value is -2.57. The summed E-state index contributed by atoms with van der Waals surface area (Å²) in [6.07, 6.45) is 5.12. The van der Waals surface area contributed by atoms with Crippen molar-refractivity contribution < 1.29 is 14.1 Å². The molecule has 2 aromatic rings. The van der Waals surface area contributed by atoms with Crippen molar-refractivity contribution in [3.8, 4) is 5.75 Å². The molecule has 27 heavy (non-hydrogen) atoms. The molecule has 2 fully saturated rings. The SMILES string of the molecule is CCOc1ccccc1NC(=O)N1CCCC(Cc2nc(C3CC3)no2)C1. The zero-order valence-electron chi connectivity index (χ0n) is 15.7. The Labute approximate surface area is 159 Å². The van der Waals surface area contributed by atoms with E-state index in [1.165, 1.54) is 12.8 Å². The van der Waals surface area contributed by atoms with Crippen LogP contribution in [0.25, 0.3) is 0 Å². The van der Waals surface area contributed by atoms with Gasteiger partial charge in [-0.05, 0) is 50.7 Å². The fourth-order valence-electron chi connectivity index (χ4n) is 3.57. The molecule has 1 saturated carbocycles. The van der Waals surface area contributed by atoms with Crippen molar-refractivity contribution in [3.63, 3.8) is 0 Å². The van der Waals surface area contributed by atoms with Crippen LogP contribution in [0.4, 0.5) is 10.5 Å². The van der Waals surface area contributed by atoms with E-state index in [0.717, 1.165) is 31.6 Å². The number of rotatable bonds is 6. The Balaban J connectivity index is 1.35. The monoisotopic (exact) mass is 370 g/mol. The van der Waals surface area contributed by atoms with Crippen LogP contribution in [0.15, 0.2) is 28.8 Å². The van der Waals surface area contributed by atoms with Crippen LogP contribution in [0.1, 0.15) is 50.2 Å². The zero-order chi connectivity index (χ0) is 18.6. The number of anilines is 1. The highest BCUT2D eigenvalue weighted by atomic mass is 16.5. The largest absolute Gasteiger partial charge is 0.492 e. The number of nitrogens with one attached hydrogen (secondary N) is 1. The van der Waals surface area contributed by atoms with E-state index >= 15 is 0 Å². The quantitative estimate of drug-likeness (QED) is 0.836. The number of piperidine rings is 1. The van der Waals surface area contributed by atoms with Gasteiger partial charge in [0.25, 0.3) is 0 Å². The molecule has 2 aliphatic rings. The molecular formula is C20H26N4O3. The lowest BCUT2D eigenvalue weighted by Crippen LogP contribution is -2.42. The number of amides is 2. The molecule has 7 heteroatoms. The third-order valence-corrected chi connectivity index (χ3v) is 5.12. The Bertz CT molecular complexity index is 787. The van der Waals surface area contributed by atoms with E-state index in [1.807, 2.05) is 36.1 Å². The minimum Gasteiger partial charge on any atom is -0.492 e.